The van der Waals surface area contributed by atoms with Gasteiger partial charge in [0, 0.05) is 23.3 Å². The molecule has 0 aliphatic rings. The van der Waals surface area contributed by atoms with Gasteiger partial charge in [0.05, 0.1) is 42.3 Å². The molecule has 190 valence electrons. The van der Waals surface area contributed by atoms with Gasteiger partial charge in [-0.25, -0.2) is 26.9 Å². The van der Waals surface area contributed by atoms with E-state index in [9.17, 15) is 17.2 Å². The number of methoxy groups -OCH3 is 2. The molecule has 0 amide bonds. The number of nitrogens with one attached hydrogen (secondary N) is 2. The monoisotopic (exact) mass is 540 g/mol. The molecule has 1 aromatic carbocycles. The van der Waals surface area contributed by atoms with E-state index in [1.54, 1.807) is 25.3 Å². The molecule has 3 aromatic heterocycles. The fourth-order valence-corrected chi connectivity index (χ4v) is 4.75. The van der Waals surface area contributed by atoms with Crippen LogP contribution in [0.1, 0.15) is 5.69 Å². The standard InChI is InChI=1S/C21H19ClF2N6O5S/c1-10-6-25-7-13(27-10)16-12(22)5-4-11-14(8-26-17(11)16)36(31,32)30-21-28-19(33-2)18(20(29-21)34-3)35-9-15(23)24/h4-8,15,26H,9H2,1-3H3,(H,28,29,30). The van der Waals surface area contributed by atoms with Gasteiger partial charge >= 0.3 is 0 Å². The molecule has 0 saturated heterocycles. The number of fused-ring (bicyclic) bond motifs is 1. The van der Waals surface area contributed by atoms with Crippen molar-refractivity contribution in [2.45, 2.75) is 18.2 Å². The molecule has 4 aromatic rings. The summed E-state index contributed by atoms with van der Waals surface area (Å²) < 4.78 is 69.1. The van der Waals surface area contributed by atoms with E-state index < -0.39 is 29.0 Å². The number of aryl methyl sites for hydroxylation is 1. The van der Waals surface area contributed by atoms with E-state index in [1.807, 2.05) is 0 Å². The highest BCUT2D eigenvalue weighted by Gasteiger charge is 2.26. The summed E-state index contributed by atoms with van der Waals surface area (Å²) in [7, 11) is -1.86. The third kappa shape index (κ3) is 4.95. The number of ether oxygens (including phenoxy) is 3. The topological polar surface area (TPSA) is 141 Å². The Morgan fingerprint density at radius 2 is 1.81 bits per heavy atom. The van der Waals surface area contributed by atoms with Crippen LogP contribution in [0, 0.1) is 6.92 Å². The SMILES string of the molecule is COc1nc(NS(=O)(=O)c2c[nH]c3c(-c4cncc(C)n4)c(Cl)ccc23)nc(OC)c1OCC(F)F. The molecule has 0 aliphatic carbocycles. The Kier molecular flexibility index (Phi) is 7.08. The van der Waals surface area contributed by atoms with Crippen molar-refractivity contribution in [2.75, 3.05) is 25.5 Å². The van der Waals surface area contributed by atoms with Crippen molar-refractivity contribution in [3.63, 3.8) is 0 Å². The van der Waals surface area contributed by atoms with Gasteiger partial charge in [-0.2, -0.15) is 9.97 Å². The second-order valence-electron chi connectivity index (χ2n) is 7.25. The number of aromatic amines is 1. The third-order valence-electron chi connectivity index (χ3n) is 4.84. The molecule has 0 saturated carbocycles. The lowest BCUT2D eigenvalue weighted by Gasteiger charge is -2.14. The van der Waals surface area contributed by atoms with E-state index >= 15 is 0 Å². The molecular weight excluding hydrogens is 522 g/mol. The Bertz CT molecular complexity index is 1510. The summed E-state index contributed by atoms with van der Waals surface area (Å²) in [6, 6.07) is 3.09. The minimum absolute atomic E-state index is 0.129. The number of H-pyrrole nitrogens is 1. The number of halogens is 3. The van der Waals surface area contributed by atoms with Crippen LogP contribution in [-0.4, -0.2) is 60.6 Å². The van der Waals surface area contributed by atoms with Crippen molar-refractivity contribution in [3.05, 3.63) is 41.4 Å². The van der Waals surface area contributed by atoms with Gasteiger partial charge in [-0.1, -0.05) is 11.6 Å². The summed E-state index contributed by atoms with van der Waals surface area (Å²) in [5, 5.41) is 0.666. The minimum Gasteiger partial charge on any atom is -0.478 e. The molecular formula is C21H19ClF2N6O5S. The van der Waals surface area contributed by atoms with E-state index in [2.05, 4.69) is 29.6 Å². The van der Waals surface area contributed by atoms with Crippen molar-refractivity contribution in [1.82, 2.24) is 24.9 Å². The van der Waals surface area contributed by atoms with Crippen molar-refractivity contribution in [2.24, 2.45) is 0 Å². The Morgan fingerprint density at radius 3 is 2.42 bits per heavy atom. The highest BCUT2D eigenvalue weighted by molar-refractivity contribution is 7.93. The molecule has 36 heavy (non-hydrogen) atoms. The molecule has 11 nitrogen and oxygen atoms in total. The van der Waals surface area contributed by atoms with Crippen LogP contribution >= 0.6 is 11.6 Å². The number of anilines is 1. The lowest BCUT2D eigenvalue weighted by Crippen LogP contribution is -2.16. The summed E-state index contributed by atoms with van der Waals surface area (Å²) in [5.41, 5.74) is 2.02. The number of nitrogens with zero attached hydrogens (tertiary/aromatic N) is 4. The molecule has 0 unspecified atom stereocenters. The van der Waals surface area contributed by atoms with Crippen LogP contribution in [0.2, 0.25) is 5.02 Å². The highest BCUT2D eigenvalue weighted by Crippen LogP contribution is 2.38. The van der Waals surface area contributed by atoms with Crippen molar-refractivity contribution in [1.29, 1.82) is 0 Å². The molecule has 0 fully saturated rings. The van der Waals surface area contributed by atoms with Crippen LogP contribution in [-0.2, 0) is 10.0 Å². The van der Waals surface area contributed by atoms with Crippen LogP contribution in [0.5, 0.6) is 17.5 Å². The average Bonchev–Trinajstić information content (AvgIpc) is 3.27. The van der Waals surface area contributed by atoms with Gasteiger partial charge in [-0.05, 0) is 19.1 Å². The third-order valence-corrected chi connectivity index (χ3v) is 6.52. The van der Waals surface area contributed by atoms with Gasteiger partial charge in [-0.15, -0.1) is 0 Å². The number of hydrogen-bond donors (Lipinski definition) is 2. The van der Waals surface area contributed by atoms with Gasteiger partial charge in [0.2, 0.25) is 11.7 Å². The zero-order valence-electron chi connectivity index (χ0n) is 19.0. The molecule has 4 rings (SSSR count). The van der Waals surface area contributed by atoms with Crippen molar-refractivity contribution in [3.8, 4) is 28.8 Å². The Labute approximate surface area is 208 Å². The van der Waals surface area contributed by atoms with Crippen LogP contribution in [0.15, 0.2) is 35.6 Å². The number of alkyl halides is 2. The first kappa shape index (κ1) is 25.3. The molecule has 15 heteroatoms. The molecule has 0 spiro atoms. The maximum absolute atomic E-state index is 13.3. The van der Waals surface area contributed by atoms with E-state index in [-0.39, 0.29) is 22.4 Å². The quantitative estimate of drug-likeness (QED) is 0.324. The first-order chi connectivity index (χ1) is 17.1. The molecule has 3 heterocycles. The summed E-state index contributed by atoms with van der Waals surface area (Å²) in [6.45, 7) is 0.804. The van der Waals surface area contributed by atoms with E-state index in [0.29, 0.717) is 32.9 Å². The van der Waals surface area contributed by atoms with Gasteiger partial charge in [0.1, 0.15) is 11.5 Å². The molecule has 0 radical (unpaired) electrons. The maximum atomic E-state index is 13.3. The van der Waals surface area contributed by atoms with Gasteiger partial charge in [0.15, 0.2) is 0 Å². The zero-order chi connectivity index (χ0) is 26.0. The zero-order valence-corrected chi connectivity index (χ0v) is 20.6. The van der Waals surface area contributed by atoms with Gasteiger partial charge < -0.3 is 19.2 Å². The lowest BCUT2D eigenvalue weighted by molar-refractivity contribution is 0.0781. The smallest absolute Gasteiger partial charge is 0.272 e. The van der Waals surface area contributed by atoms with Crippen LogP contribution < -0.4 is 18.9 Å². The highest BCUT2D eigenvalue weighted by atomic mass is 35.5. The summed E-state index contributed by atoms with van der Waals surface area (Å²) in [5.74, 6) is -1.33. The summed E-state index contributed by atoms with van der Waals surface area (Å²) >= 11 is 6.41. The van der Waals surface area contributed by atoms with Gasteiger partial charge in [0.25, 0.3) is 28.2 Å². The fourth-order valence-electron chi connectivity index (χ4n) is 3.38. The minimum atomic E-state index is -4.26. The van der Waals surface area contributed by atoms with Crippen LogP contribution in [0.25, 0.3) is 22.2 Å². The van der Waals surface area contributed by atoms with E-state index in [4.69, 9.17) is 25.8 Å². The fraction of sp³-hybridized carbons (Fsp3) is 0.238. The van der Waals surface area contributed by atoms with Gasteiger partial charge in [-0.3, -0.25) is 4.98 Å². The molecule has 2 N–H and O–H groups in total. The largest absolute Gasteiger partial charge is 0.478 e. The Morgan fingerprint density at radius 1 is 1.11 bits per heavy atom. The van der Waals surface area contributed by atoms with E-state index in [0.717, 1.165) is 0 Å². The average molecular weight is 541 g/mol. The van der Waals surface area contributed by atoms with Crippen LogP contribution in [0.3, 0.4) is 0 Å². The lowest BCUT2D eigenvalue weighted by atomic mass is 10.1. The second-order valence-corrected chi connectivity index (χ2v) is 9.30. The van der Waals surface area contributed by atoms with Crippen molar-refractivity contribution < 1.29 is 31.4 Å². The van der Waals surface area contributed by atoms with Crippen molar-refractivity contribution >= 4 is 38.5 Å². The summed E-state index contributed by atoms with van der Waals surface area (Å²) in [4.78, 5) is 19.2. The number of aromatic nitrogens is 5. The predicted octanol–water partition coefficient (Wildman–Crippen LogP) is 3.84. The first-order valence-electron chi connectivity index (χ1n) is 10.2. The maximum Gasteiger partial charge on any atom is 0.272 e. The van der Waals surface area contributed by atoms with Crippen LogP contribution in [0.4, 0.5) is 14.7 Å². The molecule has 0 atom stereocenters. The predicted molar refractivity (Wildman–Crippen MR) is 127 cm³/mol. The number of hydrogen-bond acceptors (Lipinski definition) is 9. The number of benzene rings is 1. The van der Waals surface area contributed by atoms with E-state index in [1.165, 1.54) is 26.6 Å². The Balaban J connectivity index is 1.75. The molecule has 0 bridgehead atoms. The second kappa shape index (κ2) is 10.1. The first-order valence-corrected chi connectivity index (χ1v) is 12.0. The normalized spacial score (nSPS) is 11.6. The Hall–Kier alpha value is -3.78. The summed E-state index contributed by atoms with van der Waals surface area (Å²) in [6.07, 6.45) is 1.61. The molecule has 0 aliphatic heterocycles. The number of sulfonamides is 1. The number of rotatable bonds is 9.